The Morgan fingerprint density at radius 1 is 1.33 bits per heavy atom. The molecule has 1 heterocycles. The Morgan fingerprint density at radius 3 is 2.67 bits per heavy atom. The third-order valence-corrected chi connectivity index (χ3v) is 4.38. The normalized spacial score (nSPS) is 17.7. The molecule has 0 radical (unpaired) electrons. The van der Waals surface area contributed by atoms with E-state index >= 15 is 0 Å². The molecule has 1 aliphatic rings. The van der Waals surface area contributed by atoms with Crippen LogP contribution in [0.1, 0.15) is 37.0 Å². The molecule has 1 atom stereocenters. The summed E-state index contributed by atoms with van der Waals surface area (Å²) in [6.07, 6.45) is 1.21. The lowest BCUT2D eigenvalue weighted by molar-refractivity contribution is -0.143. The Kier molecular flexibility index (Phi) is 5.83. The fraction of sp³-hybridized carbons (Fsp3) is 0.471. The van der Waals surface area contributed by atoms with E-state index in [2.05, 4.69) is 5.32 Å². The number of hydrogen-bond donors (Lipinski definition) is 2. The maximum atomic E-state index is 12.7. The van der Waals surface area contributed by atoms with Gasteiger partial charge in [0, 0.05) is 24.7 Å². The number of nitrogens with zero attached hydrogens (tertiary/aromatic N) is 1. The molecule has 1 aromatic carbocycles. The zero-order valence-corrected chi connectivity index (χ0v) is 14.5. The van der Waals surface area contributed by atoms with Crippen LogP contribution in [0.5, 0.6) is 0 Å². The first-order valence-electron chi connectivity index (χ1n) is 7.92. The largest absolute Gasteiger partial charge is 0.481 e. The van der Waals surface area contributed by atoms with Gasteiger partial charge >= 0.3 is 5.97 Å². The van der Waals surface area contributed by atoms with E-state index in [1.807, 2.05) is 0 Å². The van der Waals surface area contributed by atoms with E-state index in [0.29, 0.717) is 25.1 Å². The molecular weight excluding hydrogens is 332 g/mol. The molecule has 1 unspecified atom stereocenters. The second-order valence-electron chi connectivity index (χ2n) is 6.27. The monoisotopic (exact) mass is 352 g/mol. The SMILES string of the molecule is CC(C)C(=O)Nc1ccc(Cl)c(C(=O)N2CCCC(C(=O)O)C2)c1. The van der Waals surface area contributed by atoms with Crippen molar-refractivity contribution >= 4 is 35.1 Å². The van der Waals surface area contributed by atoms with E-state index in [0.717, 1.165) is 0 Å². The van der Waals surface area contributed by atoms with Crippen molar-refractivity contribution in [2.24, 2.45) is 11.8 Å². The number of piperidine rings is 1. The van der Waals surface area contributed by atoms with E-state index in [4.69, 9.17) is 16.7 Å². The number of rotatable bonds is 4. The standard InChI is InChI=1S/C17H21ClN2O4/c1-10(2)15(21)19-12-5-6-14(18)13(8-12)16(22)20-7-3-4-11(9-20)17(23)24/h5-6,8,10-11H,3-4,7,9H2,1-2H3,(H,19,21)(H,23,24). The molecule has 6 nitrogen and oxygen atoms in total. The number of carboxylic acid groups (broad SMARTS) is 1. The summed E-state index contributed by atoms with van der Waals surface area (Å²) in [5, 5.41) is 12.2. The van der Waals surface area contributed by atoms with Gasteiger partial charge in [0.1, 0.15) is 0 Å². The van der Waals surface area contributed by atoms with Crippen LogP contribution in [-0.4, -0.2) is 40.9 Å². The molecule has 0 aromatic heterocycles. The van der Waals surface area contributed by atoms with Crippen LogP contribution in [0.2, 0.25) is 5.02 Å². The van der Waals surface area contributed by atoms with Crippen molar-refractivity contribution in [2.45, 2.75) is 26.7 Å². The average Bonchev–Trinajstić information content (AvgIpc) is 2.55. The molecule has 0 saturated carbocycles. The van der Waals surface area contributed by atoms with Crippen LogP contribution in [0.25, 0.3) is 0 Å². The van der Waals surface area contributed by atoms with Gasteiger partial charge in [-0.2, -0.15) is 0 Å². The lowest BCUT2D eigenvalue weighted by Gasteiger charge is -2.31. The van der Waals surface area contributed by atoms with Crippen molar-refractivity contribution in [2.75, 3.05) is 18.4 Å². The molecule has 2 rings (SSSR count). The van der Waals surface area contributed by atoms with Crippen LogP contribution in [0.3, 0.4) is 0 Å². The zero-order chi connectivity index (χ0) is 17.9. The van der Waals surface area contributed by atoms with Crippen LogP contribution in [0.15, 0.2) is 18.2 Å². The molecule has 2 N–H and O–H groups in total. The highest BCUT2D eigenvalue weighted by Gasteiger charge is 2.29. The lowest BCUT2D eigenvalue weighted by Crippen LogP contribution is -2.42. The number of halogens is 1. The van der Waals surface area contributed by atoms with Gasteiger partial charge in [0.15, 0.2) is 0 Å². The molecule has 0 spiro atoms. The van der Waals surface area contributed by atoms with Gasteiger partial charge in [-0.3, -0.25) is 14.4 Å². The molecule has 7 heteroatoms. The molecule has 1 fully saturated rings. The summed E-state index contributed by atoms with van der Waals surface area (Å²) in [4.78, 5) is 37.2. The fourth-order valence-corrected chi connectivity index (χ4v) is 2.79. The van der Waals surface area contributed by atoms with Crippen molar-refractivity contribution in [3.05, 3.63) is 28.8 Å². The van der Waals surface area contributed by atoms with Crippen molar-refractivity contribution < 1.29 is 19.5 Å². The summed E-state index contributed by atoms with van der Waals surface area (Å²) in [7, 11) is 0. The topological polar surface area (TPSA) is 86.7 Å². The van der Waals surface area contributed by atoms with Crippen molar-refractivity contribution in [3.8, 4) is 0 Å². The number of benzene rings is 1. The van der Waals surface area contributed by atoms with Gasteiger partial charge in [-0.05, 0) is 31.0 Å². The first kappa shape index (κ1) is 18.3. The Hall–Kier alpha value is -2.08. The number of aliphatic carboxylic acids is 1. The molecular formula is C17H21ClN2O4. The Morgan fingerprint density at radius 2 is 2.04 bits per heavy atom. The minimum absolute atomic E-state index is 0.153. The van der Waals surface area contributed by atoms with E-state index in [1.165, 1.54) is 11.0 Å². The number of likely N-dealkylation sites (tertiary alicyclic amines) is 1. The third kappa shape index (κ3) is 4.26. The van der Waals surface area contributed by atoms with Gasteiger partial charge in [-0.25, -0.2) is 0 Å². The maximum Gasteiger partial charge on any atom is 0.308 e. The average molecular weight is 353 g/mol. The Bertz CT molecular complexity index is 660. The number of carbonyl (C=O) groups excluding carboxylic acids is 2. The lowest BCUT2D eigenvalue weighted by atomic mass is 9.97. The van der Waals surface area contributed by atoms with Crippen LogP contribution in [-0.2, 0) is 9.59 Å². The van der Waals surface area contributed by atoms with Gasteiger partial charge in [-0.1, -0.05) is 25.4 Å². The van der Waals surface area contributed by atoms with Crippen molar-refractivity contribution in [1.29, 1.82) is 0 Å². The third-order valence-electron chi connectivity index (χ3n) is 4.05. The summed E-state index contributed by atoms with van der Waals surface area (Å²) in [5.74, 6) is -2.09. The first-order valence-corrected chi connectivity index (χ1v) is 8.30. The summed E-state index contributed by atoms with van der Waals surface area (Å²) in [6, 6.07) is 4.73. The van der Waals surface area contributed by atoms with E-state index < -0.39 is 11.9 Å². The number of anilines is 1. The second kappa shape index (κ2) is 7.66. The summed E-state index contributed by atoms with van der Waals surface area (Å²) in [6.45, 7) is 4.22. The number of nitrogens with one attached hydrogen (secondary N) is 1. The zero-order valence-electron chi connectivity index (χ0n) is 13.7. The number of amides is 2. The first-order chi connectivity index (χ1) is 11.3. The Balaban J connectivity index is 2.19. The minimum atomic E-state index is -0.892. The predicted molar refractivity (Wildman–Crippen MR) is 91.2 cm³/mol. The van der Waals surface area contributed by atoms with Crippen LogP contribution in [0, 0.1) is 11.8 Å². The molecule has 1 aromatic rings. The van der Waals surface area contributed by atoms with Gasteiger partial charge in [0.2, 0.25) is 5.91 Å². The molecule has 130 valence electrons. The molecule has 2 amide bonds. The highest BCUT2D eigenvalue weighted by Crippen LogP contribution is 2.25. The van der Waals surface area contributed by atoms with E-state index in [1.54, 1.807) is 26.0 Å². The molecule has 1 saturated heterocycles. The maximum absolute atomic E-state index is 12.7. The molecule has 0 bridgehead atoms. The minimum Gasteiger partial charge on any atom is -0.481 e. The summed E-state index contributed by atoms with van der Waals surface area (Å²) in [5.41, 5.74) is 0.762. The van der Waals surface area contributed by atoms with Crippen LogP contribution < -0.4 is 5.32 Å². The van der Waals surface area contributed by atoms with Crippen molar-refractivity contribution in [3.63, 3.8) is 0 Å². The number of carbonyl (C=O) groups is 3. The van der Waals surface area contributed by atoms with Gasteiger partial charge in [0.05, 0.1) is 16.5 Å². The van der Waals surface area contributed by atoms with E-state index in [9.17, 15) is 14.4 Å². The number of hydrogen-bond acceptors (Lipinski definition) is 3. The summed E-state index contributed by atoms with van der Waals surface area (Å²) < 4.78 is 0. The van der Waals surface area contributed by atoms with Crippen LogP contribution in [0.4, 0.5) is 5.69 Å². The Labute approximate surface area is 145 Å². The van der Waals surface area contributed by atoms with Gasteiger partial charge in [-0.15, -0.1) is 0 Å². The highest BCUT2D eigenvalue weighted by atomic mass is 35.5. The molecule has 1 aliphatic heterocycles. The van der Waals surface area contributed by atoms with Crippen molar-refractivity contribution in [1.82, 2.24) is 4.90 Å². The van der Waals surface area contributed by atoms with Gasteiger partial charge < -0.3 is 15.3 Å². The predicted octanol–water partition coefficient (Wildman–Crippen LogP) is 2.87. The molecule has 0 aliphatic carbocycles. The van der Waals surface area contributed by atoms with E-state index in [-0.39, 0.29) is 34.9 Å². The van der Waals surface area contributed by atoms with Crippen LogP contribution >= 0.6 is 11.6 Å². The van der Waals surface area contributed by atoms with Gasteiger partial charge in [0.25, 0.3) is 5.91 Å². The molecule has 24 heavy (non-hydrogen) atoms. The summed E-state index contributed by atoms with van der Waals surface area (Å²) >= 11 is 6.13. The highest BCUT2D eigenvalue weighted by molar-refractivity contribution is 6.34. The smallest absolute Gasteiger partial charge is 0.308 e. The quantitative estimate of drug-likeness (QED) is 0.872. The number of carboxylic acids is 1. The second-order valence-corrected chi connectivity index (χ2v) is 6.67. The fourth-order valence-electron chi connectivity index (χ4n) is 2.59.